The summed E-state index contributed by atoms with van der Waals surface area (Å²) in [6.45, 7) is 0. The van der Waals surface area contributed by atoms with E-state index in [2.05, 4.69) is 10.3 Å². The number of alkyl halides is 3. The Labute approximate surface area is 157 Å². The molecule has 0 aliphatic heterocycles. The van der Waals surface area contributed by atoms with E-state index in [0.29, 0.717) is 5.69 Å². The van der Waals surface area contributed by atoms with Gasteiger partial charge >= 0.3 is 6.18 Å². The van der Waals surface area contributed by atoms with Gasteiger partial charge in [-0.25, -0.2) is 4.68 Å². The number of carbonyl (C=O) groups is 1. The van der Waals surface area contributed by atoms with Gasteiger partial charge in [-0.2, -0.15) is 13.2 Å². The molecular weight excluding hydrogens is 377 g/mol. The van der Waals surface area contributed by atoms with Crippen molar-refractivity contribution in [3.05, 3.63) is 66.0 Å². The van der Waals surface area contributed by atoms with Gasteiger partial charge in [-0.1, -0.05) is 17.3 Å². The van der Waals surface area contributed by atoms with Crippen molar-refractivity contribution in [1.82, 2.24) is 15.0 Å². The van der Waals surface area contributed by atoms with Crippen LogP contribution in [0.5, 0.6) is 0 Å². The minimum Gasteiger partial charge on any atom is -0.310 e. The third-order valence-corrected chi connectivity index (χ3v) is 4.62. The Kier molecular flexibility index (Phi) is 5.22. The molecule has 0 N–H and O–H groups in total. The van der Waals surface area contributed by atoms with Gasteiger partial charge in [-0.05, 0) is 42.7 Å². The number of aromatic nitrogens is 3. The van der Waals surface area contributed by atoms with Crippen molar-refractivity contribution in [2.24, 2.45) is 0 Å². The van der Waals surface area contributed by atoms with Crippen molar-refractivity contribution in [2.75, 3.05) is 18.2 Å². The Bertz CT molecular complexity index is 971. The molecule has 1 amide bonds. The number of rotatable bonds is 4. The van der Waals surface area contributed by atoms with E-state index in [0.717, 1.165) is 21.7 Å². The smallest absolute Gasteiger partial charge is 0.310 e. The first-order valence-electron chi connectivity index (χ1n) is 7.81. The van der Waals surface area contributed by atoms with Gasteiger partial charge in [0.1, 0.15) is 0 Å². The summed E-state index contributed by atoms with van der Waals surface area (Å²) in [5, 5.41) is 7.60. The summed E-state index contributed by atoms with van der Waals surface area (Å²) >= 11 is 1.55. The van der Waals surface area contributed by atoms with Gasteiger partial charge in [-0.15, -0.1) is 16.9 Å². The lowest BCUT2D eigenvalue weighted by atomic mass is 10.2. The number of halogens is 3. The third-order valence-electron chi connectivity index (χ3n) is 3.90. The van der Waals surface area contributed by atoms with E-state index >= 15 is 0 Å². The molecule has 5 nitrogen and oxygen atoms in total. The molecule has 0 unspecified atom stereocenters. The Balaban J connectivity index is 1.86. The summed E-state index contributed by atoms with van der Waals surface area (Å²) < 4.78 is 39.7. The molecule has 0 saturated heterocycles. The van der Waals surface area contributed by atoms with Crippen LogP contribution in [0.2, 0.25) is 0 Å². The quantitative estimate of drug-likeness (QED) is 0.622. The lowest BCUT2D eigenvalue weighted by Crippen LogP contribution is -2.26. The highest BCUT2D eigenvalue weighted by atomic mass is 32.2. The Morgan fingerprint density at radius 1 is 1.15 bits per heavy atom. The number of benzene rings is 2. The molecule has 3 rings (SSSR count). The van der Waals surface area contributed by atoms with Crippen molar-refractivity contribution < 1.29 is 18.0 Å². The second-order valence-electron chi connectivity index (χ2n) is 5.66. The second-order valence-corrected chi connectivity index (χ2v) is 6.54. The van der Waals surface area contributed by atoms with Crippen LogP contribution in [0.25, 0.3) is 5.69 Å². The summed E-state index contributed by atoms with van der Waals surface area (Å²) in [5.74, 6) is -0.411. The van der Waals surface area contributed by atoms with Gasteiger partial charge in [0, 0.05) is 17.6 Å². The van der Waals surface area contributed by atoms with E-state index < -0.39 is 17.6 Å². The van der Waals surface area contributed by atoms with Crippen LogP contribution in [0, 0.1) is 0 Å². The Morgan fingerprint density at radius 3 is 2.59 bits per heavy atom. The maximum Gasteiger partial charge on any atom is 0.416 e. The number of carbonyl (C=O) groups excluding carboxylic acids is 1. The zero-order chi connectivity index (χ0) is 19.6. The number of hydrogen-bond acceptors (Lipinski definition) is 4. The highest BCUT2D eigenvalue weighted by molar-refractivity contribution is 7.98. The van der Waals surface area contributed by atoms with Crippen molar-refractivity contribution in [2.45, 2.75) is 11.1 Å². The van der Waals surface area contributed by atoms with Crippen LogP contribution in [-0.4, -0.2) is 34.2 Å². The molecule has 9 heteroatoms. The Hall–Kier alpha value is -2.81. The van der Waals surface area contributed by atoms with Crippen LogP contribution in [-0.2, 0) is 6.18 Å². The van der Waals surface area contributed by atoms with E-state index in [1.54, 1.807) is 24.9 Å². The molecule has 0 atom stereocenters. The standard InChI is InChI=1S/C18H15F3N4OS/c1-24(13-6-4-8-15(10-13)27-2)17(26)16-11-25(23-22-16)14-7-3-5-12(9-14)18(19,20)21/h3-11H,1-2H3. The van der Waals surface area contributed by atoms with Gasteiger partial charge in [-0.3, -0.25) is 4.79 Å². The number of thioether (sulfide) groups is 1. The molecule has 0 spiro atoms. The fourth-order valence-electron chi connectivity index (χ4n) is 2.42. The fraction of sp³-hybridized carbons (Fsp3) is 0.167. The summed E-state index contributed by atoms with van der Waals surface area (Å²) in [5.41, 5.74) is 0.0859. The molecule has 0 aliphatic rings. The second kappa shape index (κ2) is 7.43. The molecule has 1 heterocycles. The van der Waals surface area contributed by atoms with E-state index in [1.165, 1.54) is 23.2 Å². The molecule has 3 aromatic rings. The first kappa shape index (κ1) is 19.0. The van der Waals surface area contributed by atoms with Crippen LogP contribution in [0.3, 0.4) is 0 Å². The largest absolute Gasteiger partial charge is 0.416 e. The van der Waals surface area contributed by atoms with Crippen LogP contribution in [0.15, 0.2) is 59.6 Å². The van der Waals surface area contributed by atoms with Gasteiger partial charge in [0.15, 0.2) is 5.69 Å². The average Bonchev–Trinajstić information content (AvgIpc) is 3.16. The maximum absolute atomic E-state index is 12.9. The van der Waals surface area contributed by atoms with Crippen molar-refractivity contribution in [3.63, 3.8) is 0 Å². The lowest BCUT2D eigenvalue weighted by molar-refractivity contribution is -0.137. The number of nitrogens with zero attached hydrogens (tertiary/aromatic N) is 4. The van der Waals surface area contributed by atoms with Gasteiger partial charge in [0.05, 0.1) is 17.4 Å². The molecular formula is C18H15F3N4OS. The first-order chi connectivity index (χ1) is 12.8. The van der Waals surface area contributed by atoms with Crippen molar-refractivity contribution in [3.8, 4) is 5.69 Å². The summed E-state index contributed by atoms with van der Waals surface area (Å²) in [7, 11) is 1.60. The van der Waals surface area contributed by atoms with Crippen molar-refractivity contribution >= 4 is 23.4 Å². The van der Waals surface area contributed by atoms with E-state index in [-0.39, 0.29) is 11.4 Å². The third kappa shape index (κ3) is 4.13. The molecule has 140 valence electrons. The predicted octanol–water partition coefficient (Wildman–Crippen LogP) is 4.28. The van der Waals surface area contributed by atoms with Crippen LogP contribution in [0.4, 0.5) is 18.9 Å². The summed E-state index contributed by atoms with van der Waals surface area (Å²) in [4.78, 5) is 15.1. The average molecular weight is 392 g/mol. The maximum atomic E-state index is 12.9. The molecule has 1 aromatic heterocycles. The molecule has 0 bridgehead atoms. The Morgan fingerprint density at radius 2 is 1.89 bits per heavy atom. The lowest BCUT2D eigenvalue weighted by Gasteiger charge is -2.16. The number of hydrogen-bond donors (Lipinski definition) is 0. The van der Waals surface area contributed by atoms with Gasteiger partial charge < -0.3 is 4.90 Å². The van der Waals surface area contributed by atoms with Crippen LogP contribution < -0.4 is 4.90 Å². The minimum atomic E-state index is -4.46. The topological polar surface area (TPSA) is 51.0 Å². The molecule has 0 fully saturated rings. The summed E-state index contributed by atoms with van der Waals surface area (Å²) in [6.07, 6.45) is -1.22. The number of anilines is 1. The first-order valence-corrected chi connectivity index (χ1v) is 9.04. The van der Waals surface area contributed by atoms with Crippen LogP contribution in [0.1, 0.15) is 16.1 Å². The zero-order valence-electron chi connectivity index (χ0n) is 14.4. The molecule has 0 aliphatic carbocycles. The molecule has 2 aromatic carbocycles. The predicted molar refractivity (Wildman–Crippen MR) is 97.3 cm³/mol. The molecule has 27 heavy (non-hydrogen) atoms. The van der Waals surface area contributed by atoms with E-state index in [1.807, 2.05) is 24.5 Å². The SMILES string of the molecule is CSc1cccc(N(C)C(=O)c2cn(-c3cccc(C(F)(F)F)c3)nn2)c1. The minimum absolute atomic E-state index is 0.0319. The molecule has 0 radical (unpaired) electrons. The monoisotopic (exact) mass is 392 g/mol. The zero-order valence-corrected chi connectivity index (χ0v) is 15.3. The van der Waals surface area contributed by atoms with Gasteiger partial charge in [0.2, 0.25) is 0 Å². The summed E-state index contributed by atoms with van der Waals surface area (Å²) in [6, 6.07) is 12.1. The van der Waals surface area contributed by atoms with E-state index in [9.17, 15) is 18.0 Å². The number of amides is 1. The van der Waals surface area contributed by atoms with E-state index in [4.69, 9.17) is 0 Å². The highest BCUT2D eigenvalue weighted by Gasteiger charge is 2.30. The van der Waals surface area contributed by atoms with Crippen LogP contribution >= 0.6 is 11.8 Å². The molecule has 0 saturated carbocycles. The normalized spacial score (nSPS) is 11.4. The van der Waals surface area contributed by atoms with Crippen molar-refractivity contribution in [1.29, 1.82) is 0 Å². The van der Waals surface area contributed by atoms with Gasteiger partial charge in [0.25, 0.3) is 5.91 Å². The fourth-order valence-corrected chi connectivity index (χ4v) is 2.87. The highest BCUT2D eigenvalue weighted by Crippen LogP contribution is 2.30.